The number of amides is 1. The summed E-state index contributed by atoms with van der Waals surface area (Å²) in [6.45, 7) is 0.373. The molecule has 1 N–H and O–H groups in total. The summed E-state index contributed by atoms with van der Waals surface area (Å²) in [4.78, 5) is 11.6. The van der Waals surface area contributed by atoms with Gasteiger partial charge in [-0.1, -0.05) is 42.5 Å². The minimum Gasteiger partial charge on any atom is -0.491 e. The lowest BCUT2D eigenvalue weighted by Gasteiger charge is -2.16. The van der Waals surface area contributed by atoms with Crippen molar-refractivity contribution in [1.82, 2.24) is 5.32 Å². The van der Waals surface area contributed by atoms with Gasteiger partial charge in [-0.15, -0.1) is 0 Å². The number of nitriles is 1. The summed E-state index contributed by atoms with van der Waals surface area (Å²) < 4.78 is 5.81. The lowest BCUT2D eigenvalue weighted by atomic mass is 10.1. The van der Waals surface area contributed by atoms with E-state index < -0.39 is 0 Å². The average Bonchev–Trinajstić information content (AvgIpc) is 2.94. The van der Waals surface area contributed by atoms with E-state index in [0.29, 0.717) is 24.4 Å². The molecule has 1 atom stereocenters. The van der Waals surface area contributed by atoms with Gasteiger partial charge in [0.05, 0.1) is 17.7 Å². The first-order valence-corrected chi connectivity index (χ1v) is 7.42. The Bertz CT molecular complexity index is 758. The van der Waals surface area contributed by atoms with Gasteiger partial charge in [-0.25, -0.2) is 0 Å². The number of nitrogens with one attached hydrogen (secondary N) is 1. The van der Waals surface area contributed by atoms with Gasteiger partial charge < -0.3 is 10.1 Å². The minimum atomic E-state index is -0.136. The minimum absolute atomic E-state index is 0.124. The van der Waals surface area contributed by atoms with Crippen LogP contribution in [0, 0.1) is 11.3 Å². The third-order valence-electron chi connectivity index (χ3n) is 3.70. The smallest absolute Gasteiger partial charge is 0.248 e. The van der Waals surface area contributed by atoms with E-state index in [4.69, 9.17) is 10.00 Å². The van der Waals surface area contributed by atoms with Crippen molar-refractivity contribution in [1.29, 1.82) is 5.26 Å². The van der Waals surface area contributed by atoms with Crippen LogP contribution in [0.2, 0.25) is 0 Å². The van der Waals surface area contributed by atoms with E-state index in [0.717, 1.165) is 11.1 Å². The molecule has 2 aromatic rings. The van der Waals surface area contributed by atoms with Crippen molar-refractivity contribution in [2.24, 2.45) is 0 Å². The second-order valence-corrected chi connectivity index (χ2v) is 5.40. The molecular formula is C19H16N2O2. The first-order valence-electron chi connectivity index (χ1n) is 7.42. The fraction of sp³-hybridized carbons (Fsp3) is 0.158. The standard InChI is InChI=1S/C19H16N2O2/c20-12-15-6-8-16(9-7-15)13-23-18-11-19(22)21-17(18)10-14-4-2-1-3-5-14/h1-9,11,17H,10,13H2,(H,21,22)/t17-/m0/s1. The highest BCUT2D eigenvalue weighted by Crippen LogP contribution is 2.18. The van der Waals surface area contributed by atoms with Crippen LogP contribution in [0.5, 0.6) is 0 Å². The van der Waals surface area contributed by atoms with Crippen LogP contribution in [0.4, 0.5) is 0 Å². The number of rotatable bonds is 5. The molecule has 0 saturated carbocycles. The molecule has 0 bridgehead atoms. The Morgan fingerprint density at radius 2 is 1.78 bits per heavy atom. The monoisotopic (exact) mass is 304 g/mol. The van der Waals surface area contributed by atoms with E-state index in [9.17, 15) is 4.79 Å². The van der Waals surface area contributed by atoms with Gasteiger partial charge in [0, 0.05) is 6.08 Å². The maximum Gasteiger partial charge on any atom is 0.248 e. The molecule has 4 nitrogen and oxygen atoms in total. The maximum atomic E-state index is 11.6. The van der Waals surface area contributed by atoms with Crippen molar-refractivity contribution in [3.8, 4) is 6.07 Å². The van der Waals surface area contributed by atoms with Crippen molar-refractivity contribution in [3.63, 3.8) is 0 Å². The lowest BCUT2D eigenvalue weighted by Crippen LogP contribution is -2.31. The van der Waals surface area contributed by atoms with Crippen molar-refractivity contribution < 1.29 is 9.53 Å². The molecule has 4 heteroatoms. The number of carbonyl (C=O) groups excluding carboxylic acids is 1. The van der Waals surface area contributed by atoms with Gasteiger partial charge in [0.2, 0.25) is 5.91 Å². The number of ether oxygens (including phenoxy) is 1. The highest BCUT2D eigenvalue weighted by molar-refractivity contribution is 5.91. The first-order chi connectivity index (χ1) is 11.2. The molecule has 0 unspecified atom stereocenters. The third-order valence-corrected chi connectivity index (χ3v) is 3.70. The normalized spacial score (nSPS) is 16.4. The van der Waals surface area contributed by atoms with Gasteiger partial charge in [-0.05, 0) is 29.7 Å². The second-order valence-electron chi connectivity index (χ2n) is 5.40. The summed E-state index contributed by atoms with van der Waals surface area (Å²) in [7, 11) is 0. The number of hydrogen-bond acceptors (Lipinski definition) is 3. The SMILES string of the molecule is N#Cc1ccc(COC2=CC(=O)N[C@H]2Cc2ccccc2)cc1. The van der Waals surface area contributed by atoms with Crippen molar-refractivity contribution in [2.75, 3.05) is 0 Å². The Kier molecular flexibility index (Phi) is 4.39. The van der Waals surface area contributed by atoms with E-state index in [1.165, 1.54) is 6.08 Å². The Balaban J connectivity index is 1.64. The summed E-state index contributed by atoms with van der Waals surface area (Å²) >= 11 is 0. The molecule has 3 rings (SSSR count). The van der Waals surface area contributed by atoms with Gasteiger partial charge in [0.25, 0.3) is 0 Å². The number of carbonyl (C=O) groups is 1. The zero-order valence-corrected chi connectivity index (χ0v) is 12.5. The summed E-state index contributed by atoms with van der Waals surface area (Å²) in [5.74, 6) is 0.531. The van der Waals surface area contributed by atoms with E-state index in [1.807, 2.05) is 42.5 Å². The first kappa shape index (κ1) is 14.9. The average molecular weight is 304 g/mol. The predicted octanol–water partition coefficient (Wildman–Crippen LogP) is 2.70. The van der Waals surface area contributed by atoms with Gasteiger partial charge in [0.1, 0.15) is 12.4 Å². The highest BCUT2D eigenvalue weighted by Gasteiger charge is 2.25. The van der Waals surface area contributed by atoms with Crippen LogP contribution < -0.4 is 5.32 Å². The molecular weight excluding hydrogens is 288 g/mol. The van der Waals surface area contributed by atoms with E-state index >= 15 is 0 Å². The summed E-state index contributed by atoms with van der Waals surface area (Å²) in [6, 6.07) is 19.2. The Labute approximate surface area is 135 Å². The molecule has 114 valence electrons. The number of nitrogens with zero attached hydrogens (tertiary/aromatic N) is 1. The van der Waals surface area contributed by atoms with Gasteiger partial charge in [-0.2, -0.15) is 5.26 Å². The van der Waals surface area contributed by atoms with Crippen LogP contribution in [0.1, 0.15) is 16.7 Å². The summed E-state index contributed by atoms with van der Waals surface area (Å²) in [5, 5.41) is 11.7. The summed E-state index contributed by atoms with van der Waals surface area (Å²) in [6.07, 6.45) is 2.21. The Morgan fingerprint density at radius 3 is 2.48 bits per heavy atom. The van der Waals surface area contributed by atoms with Crippen LogP contribution in [-0.2, 0) is 22.6 Å². The molecule has 0 saturated heterocycles. The topological polar surface area (TPSA) is 62.1 Å². The van der Waals surface area contributed by atoms with Crippen LogP contribution in [0.3, 0.4) is 0 Å². The fourth-order valence-corrected chi connectivity index (χ4v) is 2.50. The van der Waals surface area contributed by atoms with E-state index in [2.05, 4.69) is 11.4 Å². The molecule has 0 spiro atoms. The molecule has 23 heavy (non-hydrogen) atoms. The van der Waals surface area contributed by atoms with E-state index in [-0.39, 0.29) is 11.9 Å². The number of hydrogen-bond donors (Lipinski definition) is 1. The van der Waals surface area contributed by atoms with Crippen molar-refractivity contribution in [3.05, 3.63) is 83.1 Å². The van der Waals surface area contributed by atoms with Crippen molar-refractivity contribution >= 4 is 5.91 Å². The van der Waals surface area contributed by atoms with Gasteiger partial charge >= 0.3 is 0 Å². The Morgan fingerprint density at radius 1 is 1.04 bits per heavy atom. The largest absolute Gasteiger partial charge is 0.491 e. The predicted molar refractivity (Wildman–Crippen MR) is 86.1 cm³/mol. The van der Waals surface area contributed by atoms with Gasteiger partial charge in [-0.3, -0.25) is 4.79 Å². The zero-order valence-electron chi connectivity index (χ0n) is 12.5. The van der Waals surface area contributed by atoms with Crippen LogP contribution >= 0.6 is 0 Å². The summed E-state index contributed by atoms with van der Waals surface area (Å²) in [5.41, 5.74) is 2.72. The number of benzene rings is 2. The van der Waals surface area contributed by atoms with Gasteiger partial charge in [0.15, 0.2) is 0 Å². The molecule has 1 heterocycles. The molecule has 0 radical (unpaired) electrons. The molecule has 0 aliphatic carbocycles. The second kappa shape index (κ2) is 6.80. The Hall–Kier alpha value is -3.06. The molecule has 2 aromatic carbocycles. The van der Waals surface area contributed by atoms with Crippen LogP contribution in [0.15, 0.2) is 66.4 Å². The molecule has 1 aliphatic rings. The highest BCUT2D eigenvalue weighted by atomic mass is 16.5. The third kappa shape index (κ3) is 3.78. The molecule has 0 fully saturated rings. The lowest BCUT2D eigenvalue weighted by molar-refractivity contribution is -0.116. The van der Waals surface area contributed by atoms with Crippen LogP contribution in [0.25, 0.3) is 0 Å². The van der Waals surface area contributed by atoms with E-state index in [1.54, 1.807) is 12.1 Å². The van der Waals surface area contributed by atoms with Crippen molar-refractivity contribution in [2.45, 2.75) is 19.1 Å². The molecule has 0 aromatic heterocycles. The molecule has 1 aliphatic heterocycles. The fourth-order valence-electron chi connectivity index (χ4n) is 2.50. The zero-order chi connectivity index (χ0) is 16.1. The quantitative estimate of drug-likeness (QED) is 0.924. The molecule has 1 amide bonds. The van der Waals surface area contributed by atoms with Crippen LogP contribution in [-0.4, -0.2) is 11.9 Å². The maximum absolute atomic E-state index is 11.6.